The topological polar surface area (TPSA) is 66.6 Å². The third kappa shape index (κ3) is 3.28. The molecule has 0 bridgehead atoms. The lowest BCUT2D eigenvalue weighted by atomic mass is 10.2. The number of hydrogen-bond acceptors (Lipinski definition) is 5. The number of hydrogen-bond donors (Lipinski definition) is 0. The van der Waals surface area contributed by atoms with Gasteiger partial charge in [-0.05, 0) is 19.3 Å². The van der Waals surface area contributed by atoms with Crippen molar-refractivity contribution in [3.63, 3.8) is 0 Å². The third-order valence-corrected chi connectivity index (χ3v) is 4.14. The fourth-order valence-corrected chi connectivity index (χ4v) is 3.08. The molecule has 1 aliphatic rings. The van der Waals surface area contributed by atoms with Gasteiger partial charge in [-0.3, -0.25) is 4.79 Å². The van der Waals surface area contributed by atoms with E-state index in [0.29, 0.717) is 12.3 Å². The lowest BCUT2D eigenvalue weighted by Gasteiger charge is -2.23. The summed E-state index contributed by atoms with van der Waals surface area (Å²) in [6.07, 6.45) is 5.41. The van der Waals surface area contributed by atoms with E-state index in [2.05, 4.69) is 33.8 Å². The summed E-state index contributed by atoms with van der Waals surface area (Å²) in [4.78, 5) is 25.3. The van der Waals surface area contributed by atoms with E-state index in [1.165, 1.54) is 6.33 Å². The molecule has 3 heterocycles. The first-order chi connectivity index (χ1) is 11.2. The molecular formula is C16H24N6O. The minimum absolute atomic E-state index is 0.187. The Morgan fingerprint density at radius 2 is 2.09 bits per heavy atom. The van der Waals surface area contributed by atoms with Crippen LogP contribution in [-0.4, -0.2) is 56.6 Å². The van der Waals surface area contributed by atoms with Crippen molar-refractivity contribution in [1.29, 1.82) is 0 Å². The fourth-order valence-electron chi connectivity index (χ4n) is 3.08. The predicted octanol–water partition coefficient (Wildman–Crippen LogP) is 1.53. The first-order valence-electron chi connectivity index (χ1n) is 8.45. The quantitative estimate of drug-likeness (QED) is 0.837. The van der Waals surface area contributed by atoms with Crippen molar-refractivity contribution in [3.8, 4) is 0 Å². The number of aryl methyl sites for hydroxylation is 1. The zero-order valence-corrected chi connectivity index (χ0v) is 13.9. The molecule has 1 aliphatic heterocycles. The first-order valence-corrected chi connectivity index (χ1v) is 8.45. The minimum Gasteiger partial charge on any atom is -0.347 e. The van der Waals surface area contributed by atoms with E-state index in [9.17, 15) is 4.79 Å². The van der Waals surface area contributed by atoms with Crippen LogP contribution < -0.4 is 4.90 Å². The highest BCUT2D eigenvalue weighted by atomic mass is 16.2. The highest BCUT2D eigenvalue weighted by Gasteiger charge is 2.23. The summed E-state index contributed by atoms with van der Waals surface area (Å²) in [5.74, 6) is 1.71. The Hall–Kier alpha value is -2.18. The van der Waals surface area contributed by atoms with Crippen molar-refractivity contribution in [3.05, 3.63) is 18.1 Å². The molecule has 0 aliphatic carbocycles. The lowest BCUT2D eigenvalue weighted by molar-refractivity contribution is -0.129. The van der Waals surface area contributed by atoms with Crippen molar-refractivity contribution in [2.24, 2.45) is 0 Å². The van der Waals surface area contributed by atoms with Crippen LogP contribution in [0.2, 0.25) is 0 Å². The molecule has 2 aromatic rings. The van der Waals surface area contributed by atoms with Crippen LogP contribution in [0.3, 0.4) is 0 Å². The standard InChI is InChI=1S/C16H24N6O/c1-3-6-13-10-14(22-16(19-13)17-12-18-22)21-9-5-8-20(7-4-2)15(23)11-21/h10,12H,3-9,11H2,1-2H3. The molecule has 1 saturated heterocycles. The van der Waals surface area contributed by atoms with E-state index >= 15 is 0 Å². The summed E-state index contributed by atoms with van der Waals surface area (Å²) >= 11 is 0. The van der Waals surface area contributed by atoms with E-state index in [-0.39, 0.29) is 5.91 Å². The maximum absolute atomic E-state index is 12.5. The smallest absolute Gasteiger partial charge is 0.254 e. The van der Waals surface area contributed by atoms with E-state index < -0.39 is 0 Å². The van der Waals surface area contributed by atoms with E-state index in [4.69, 9.17) is 0 Å². The van der Waals surface area contributed by atoms with Crippen molar-refractivity contribution >= 4 is 17.5 Å². The molecule has 7 nitrogen and oxygen atoms in total. The summed E-state index contributed by atoms with van der Waals surface area (Å²) in [6, 6.07) is 2.05. The van der Waals surface area contributed by atoms with Crippen LogP contribution in [0.5, 0.6) is 0 Å². The highest BCUT2D eigenvalue weighted by Crippen LogP contribution is 2.19. The van der Waals surface area contributed by atoms with Gasteiger partial charge in [0.15, 0.2) is 0 Å². The monoisotopic (exact) mass is 316 g/mol. The van der Waals surface area contributed by atoms with Crippen LogP contribution >= 0.6 is 0 Å². The normalized spacial score (nSPS) is 16.2. The Kier molecular flexibility index (Phi) is 4.73. The number of amides is 1. The van der Waals surface area contributed by atoms with Gasteiger partial charge in [0.05, 0.1) is 6.54 Å². The molecule has 7 heteroatoms. The second-order valence-electron chi connectivity index (χ2n) is 5.98. The van der Waals surface area contributed by atoms with E-state index in [1.807, 2.05) is 11.0 Å². The van der Waals surface area contributed by atoms with Gasteiger partial charge in [0, 0.05) is 31.4 Å². The van der Waals surface area contributed by atoms with Gasteiger partial charge in [-0.2, -0.15) is 14.6 Å². The summed E-state index contributed by atoms with van der Waals surface area (Å²) in [7, 11) is 0. The number of rotatable bonds is 5. The lowest BCUT2D eigenvalue weighted by Crippen LogP contribution is -2.37. The summed E-state index contributed by atoms with van der Waals surface area (Å²) in [5, 5.41) is 4.28. The average Bonchev–Trinajstić information content (AvgIpc) is 2.93. The number of anilines is 1. The Bertz CT molecular complexity index is 682. The SMILES string of the molecule is CCCc1cc(N2CCCN(CCC)C(=O)C2)n2ncnc2n1. The van der Waals surface area contributed by atoms with Crippen LogP contribution in [0.15, 0.2) is 12.4 Å². The largest absolute Gasteiger partial charge is 0.347 e. The van der Waals surface area contributed by atoms with Crippen LogP contribution in [0.1, 0.15) is 38.8 Å². The van der Waals surface area contributed by atoms with Crippen LogP contribution in [-0.2, 0) is 11.2 Å². The molecule has 3 rings (SSSR count). The van der Waals surface area contributed by atoms with Gasteiger partial charge in [0.25, 0.3) is 5.78 Å². The van der Waals surface area contributed by atoms with Gasteiger partial charge in [0.2, 0.25) is 5.91 Å². The number of aromatic nitrogens is 4. The molecule has 1 fully saturated rings. The highest BCUT2D eigenvalue weighted by molar-refractivity contribution is 5.81. The average molecular weight is 316 g/mol. The maximum Gasteiger partial charge on any atom is 0.254 e. The van der Waals surface area contributed by atoms with Crippen LogP contribution in [0, 0.1) is 0 Å². The molecule has 0 spiro atoms. The molecule has 0 radical (unpaired) electrons. The number of carbonyl (C=O) groups excluding carboxylic acids is 1. The summed E-state index contributed by atoms with van der Waals surface area (Å²) in [5.41, 5.74) is 1.00. The molecule has 0 N–H and O–H groups in total. The van der Waals surface area contributed by atoms with Gasteiger partial charge in [-0.25, -0.2) is 4.98 Å². The van der Waals surface area contributed by atoms with E-state index in [0.717, 1.165) is 56.8 Å². The Balaban J connectivity index is 1.92. The number of nitrogens with zero attached hydrogens (tertiary/aromatic N) is 6. The van der Waals surface area contributed by atoms with Crippen molar-refractivity contribution in [1.82, 2.24) is 24.5 Å². The molecule has 0 unspecified atom stereocenters. The molecule has 0 saturated carbocycles. The molecule has 0 atom stereocenters. The Morgan fingerprint density at radius 3 is 2.87 bits per heavy atom. The van der Waals surface area contributed by atoms with Gasteiger partial charge in [-0.15, -0.1) is 0 Å². The van der Waals surface area contributed by atoms with Gasteiger partial charge in [0.1, 0.15) is 12.1 Å². The van der Waals surface area contributed by atoms with Gasteiger partial charge >= 0.3 is 0 Å². The fraction of sp³-hybridized carbons (Fsp3) is 0.625. The Labute approximate surface area is 136 Å². The molecule has 23 heavy (non-hydrogen) atoms. The number of carbonyl (C=O) groups is 1. The molecule has 124 valence electrons. The minimum atomic E-state index is 0.187. The van der Waals surface area contributed by atoms with Crippen molar-refractivity contribution in [2.75, 3.05) is 31.1 Å². The number of fused-ring (bicyclic) bond motifs is 1. The predicted molar refractivity (Wildman–Crippen MR) is 88.5 cm³/mol. The van der Waals surface area contributed by atoms with Gasteiger partial charge < -0.3 is 9.80 Å². The molecular weight excluding hydrogens is 292 g/mol. The third-order valence-electron chi connectivity index (χ3n) is 4.14. The Morgan fingerprint density at radius 1 is 1.22 bits per heavy atom. The first kappa shape index (κ1) is 15.7. The van der Waals surface area contributed by atoms with Crippen LogP contribution in [0.25, 0.3) is 5.78 Å². The van der Waals surface area contributed by atoms with Crippen molar-refractivity contribution in [2.45, 2.75) is 39.5 Å². The van der Waals surface area contributed by atoms with Crippen molar-refractivity contribution < 1.29 is 4.79 Å². The second kappa shape index (κ2) is 6.93. The summed E-state index contributed by atoms with van der Waals surface area (Å²) in [6.45, 7) is 7.14. The zero-order valence-electron chi connectivity index (χ0n) is 13.9. The maximum atomic E-state index is 12.5. The summed E-state index contributed by atoms with van der Waals surface area (Å²) < 4.78 is 1.74. The molecule has 1 amide bonds. The zero-order chi connectivity index (χ0) is 16.2. The van der Waals surface area contributed by atoms with Gasteiger partial charge in [-0.1, -0.05) is 20.3 Å². The van der Waals surface area contributed by atoms with E-state index in [1.54, 1.807) is 4.52 Å². The second-order valence-corrected chi connectivity index (χ2v) is 5.98. The molecule has 2 aromatic heterocycles. The molecule has 0 aromatic carbocycles. The van der Waals surface area contributed by atoms with Crippen LogP contribution in [0.4, 0.5) is 5.82 Å².